The largest absolute Gasteiger partial charge is 0.480 e. The minimum Gasteiger partial charge on any atom is -0.480 e. The number of nitrogens with zero attached hydrogens (tertiary/aromatic N) is 1. The number of carbonyl (C=O) groups is 2. The summed E-state index contributed by atoms with van der Waals surface area (Å²) in [5.74, 6) is -1.79. The molecule has 1 aromatic carbocycles. The van der Waals surface area contributed by atoms with Crippen molar-refractivity contribution in [3.63, 3.8) is 0 Å². The van der Waals surface area contributed by atoms with Crippen molar-refractivity contribution in [3.05, 3.63) is 40.4 Å². The Balaban J connectivity index is 2.19. The van der Waals surface area contributed by atoms with Crippen molar-refractivity contribution in [2.45, 2.75) is 19.9 Å². The van der Waals surface area contributed by atoms with Crippen LogP contribution in [0.3, 0.4) is 0 Å². The third-order valence-corrected chi connectivity index (χ3v) is 4.27. The van der Waals surface area contributed by atoms with Gasteiger partial charge in [-0.1, -0.05) is 43.6 Å². The lowest BCUT2D eigenvalue weighted by atomic mass is 10.0. The Labute approximate surface area is 137 Å². The van der Waals surface area contributed by atoms with Gasteiger partial charge in [0.2, 0.25) is 0 Å². The molecule has 2 aromatic rings. The van der Waals surface area contributed by atoms with Crippen LogP contribution < -0.4 is 5.32 Å². The number of halogens is 1. The van der Waals surface area contributed by atoms with Gasteiger partial charge < -0.3 is 10.4 Å². The van der Waals surface area contributed by atoms with Gasteiger partial charge in [-0.15, -0.1) is 11.3 Å². The van der Waals surface area contributed by atoms with Gasteiger partial charge >= 0.3 is 5.97 Å². The van der Waals surface area contributed by atoms with Crippen LogP contribution in [0.4, 0.5) is 0 Å². The fourth-order valence-electron chi connectivity index (χ4n) is 1.87. The number of carbonyl (C=O) groups excluding carboxylic acids is 1. The number of amides is 1. The number of aliphatic carboxylic acids is 1. The molecule has 1 aromatic heterocycles. The number of rotatable bonds is 5. The number of aromatic nitrogens is 1. The molecular formula is C15H15ClN2O3S. The van der Waals surface area contributed by atoms with Crippen molar-refractivity contribution >= 4 is 34.8 Å². The van der Waals surface area contributed by atoms with E-state index in [1.165, 1.54) is 11.3 Å². The maximum Gasteiger partial charge on any atom is 0.326 e. The monoisotopic (exact) mass is 338 g/mol. The van der Waals surface area contributed by atoms with Crippen LogP contribution >= 0.6 is 22.9 Å². The highest BCUT2D eigenvalue weighted by molar-refractivity contribution is 7.13. The molecule has 0 saturated heterocycles. The standard InChI is InChI=1S/C15H15ClN2O3S/c1-8(2)12(15(20)21)18-13(19)11-7-22-14(17-11)9-5-3-4-6-10(9)16/h3-8,12H,1-2H3,(H,18,19)(H,20,21)/t12-/m0/s1. The Hall–Kier alpha value is -1.92. The molecule has 0 radical (unpaired) electrons. The Morgan fingerprint density at radius 1 is 1.32 bits per heavy atom. The van der Waals surface area contributed by atoms with Crippen LogP contribution in [0.1, 0.15) is 24.3 Å². The highest BCUT2D eigenvalue weighted by atomic mass is 35.5. The lowest BCUT2D eigenvalue weighted by Crippen LogP contribution is -2.44. The first-order chi connectivity index (χ1) is 10.4. The molecule has 0 fully saturated rings. The van der Waals surface area contributed by atoms with E-state index >= 15 is 0 Å². The molecule has 2 rings (SSSR count). The summed E-state index contributed by atoms with van der Waals surface area (Å²) < 4.78 is 0. The van der Waals surface area contributed by atoms with Gasteiger partial charge in [-0.25, -0.2) is 9.78 Å². The van der Waals surface area contributed by atoms with Gasteiger partial charge in [0.05, 0.1) is 5.02 Å². The molecule has 0 bridgehead atoms. The van der Waals surface area contributed by atoms with Crippen LogP contribution in [0, 0.1) is 5.92 Å². The van der Waals surface area contributed by atoms with E-state index < -0.39 is 17.9 Å². The number of carboxylic acids is 1. The predicted molar refractivity (Wildman–Crippen MR) is 86.3 cm³/mol. The van der Waals surface area contributed by atoms with Crippen molar-refractivity contribution in [2.75, 3.05) is 0 Å². The van der Waals surface area contributed by atoms with Gasteiger partial charge in [-0.2, -0.15) is 0 Å². The zero-order valence-corrected chi connectivity index (χ0v) is 13.6. The second kappa shape index (κ2) is 6.89. The number of hydrogen-bond donors (Lipinski definition) is 2. The Morgan fingerprint density at radius 2 is 2.00 bits per heavy atom. The number of benzene rings is 1. The van der Waals surface area contributed by atoms with Gasteiger partial charge in [-0.05, 0) is 12.0 Å². The molecule has 0 unspecified atom stereocenters. The molecule has 7 heteroatoms. The van der Waals surface area contributed by atoms with E-state index in [-0.39, 0.29) is 11.6 Å². The molecular weight excluding hydrogens is 324 g/mol. The van der Waals surface area contributed by atoms with Crippen LogP contribution in [-0.4, -0.2) is 28.0 Å². The molecule has 0 aliphatic heterocycles. The first kappa shape index (κ1) is 16.5. The molecule has 22 heavy (non-hydrogen) atoms. The molecule has 5 nitrogen and oxygen atoms in total. The van der Waals surface area contributed by atoms with E-state index in [0.717, 1.165) is 5.56 Å². The van der Waals surface area contributed by atoms with Crippen molar-refractivity contribution in [2.24, 2.45) is 5.92 Å². The fourth-order valence-corrected chi connectivity index (χ4v) is 2.99. The van der Waals surface area contributed by atoms with Crippen LogP contribution in [0.5, 0.6) is 0 Å². The zero-order valence-electron chi connectivity index (χ0n) is 12.0. The first-order valence-corrected chi connectivity index (χ1v) is 7.90. The van der Waals surface area contributed by atoms with Crippen molar-refractivity contribution in [1.29, 1.82) is 0 Å². The molecule has 0 aliphatic rings. The predicted octanol–water partition coefficient (Wildman–Crippen LogP) is 3.30. The third-order valence-electron chi connectivity index (χ3n) is 3.06. The number of hydrogen-bond acceptors (Lipinski definition) is 4. The minimum absolute atomic E-state index is 0.187. The lowest BCUT2D eigenvalue weighted by molar-refractivity contribution is -0.140. The lowest BCUT2D eigenvalue weighted by Gasteiger charge is -2.16. The normalized spacial score (nSPS) is 12.2. The second-order valence-electron chi connectivity index (χ2n) is 5.05. The molecule has 0 spiro atoms. The Bertz CT molecular complexity index is 700. The maximum atomic E-state index is 12.1. The van der Waals surface area contributed by atoms with E-state index in [2.05, 4.69) is 10.3 Å². The average Bonchev–Trinajstić information content (AvgIpc) is 2.94. The summed E-state index contributed by atoms with van der Waals surface area (Å²) in [6.07, 6.45) is 0. The van der Waals surface area contributed by atoms with E-state index in [1.54, 1.807) is 25.3 Å². The van der Waals surface area contributed by atoms with Gasteiger partial charge in [0.15, 0.2) is 0 Å². The second-order valence-corrected chi connectivity index (χ2v) is 6.32. The summed E-state index contributed by atoms with van der Waals surface area (Å²) in [6.45, 7) is 3.46. The van der Waals surface area contributed by atoms with Crippen molar-refractivity contribution in [1.82, 2.24) is 10.3 Å². The zero-order chi connectivity index (χ0) is 16.3. The molecule has 1 amide bonds. The van der Waals surface area contributed by atoms with Gasteiger partial charge in [0.25, 0.3) is 5.91 Å². The van der Waals surface area contributed by atoms with Gasteiger partial charge in [0, 0.05) is 10.9 Å². The number of nitrogens with one attached hydrogen (secondary N) is 1. The maximum absolute atomic E-state index is 12.1. The Kier molecular flexibility index (Phi) is 5.15. The van der Waals surface area contributed by atoms with Crippen LogP contribution in [0.15, 0.2) is 29.6 Å². The molecule has 116 valence electrons. The molecule has 0 aliphatic carbocycles. The quantitative estimate of drug-likeness (QED) is 0.876. The van der Waals surface area contributed by atoms with Gasteiger partial charge in [0.1, 0.15) is 16.7 Å². The molecule has 0 saturated carbocycles. The average molecular weight is 339 g/mol. The Morgan fingerprint density at radius 3 is 2.59 bits per heavy atom. The first-order valence-electron chi connectivity index (χ1n) is 6.64. The topological polar surface area (TPSA) is 79.3 Å². The van der Waals surface area contributed by atoms with Crippen molar-refractivity contribution in [3.8, 4) is 10.6 Å². The van der Waals surface area contributed by atoms with Crippen LogP contribution in [0.25, 0.3) is 10.6 Å². The summed E-state index contributed by atoms with van der Waals surface area (Å²) in [6, 6.07) is 6.26. The fraction of sp³-hybridized carbons (Fsp3) is 0.267. The van der Waals surface area contributed by atoms with Gasteiger partial charge in [-0.3, -0.25) is 4.79 Å². The number of thiazole rings is 1. The molecule has 1 heterocycles. The SMILES string of the molecule is CC(C)[C@H](NC(=O)c1csc(-c2ccccc2Cl)n1)C(=O)O. The van der Waals surface area contributed by atoms with E-state index in [4.69, 9.17) is 16.7 Å². The summed E-state index contributed by atoms with van der Waals surface area (Å²) in [5.41, 5.74) is 0.929. The molecule has 2 N–H and O–H groups in total. The third kappa shape index (κ3) is 3.64. The summed E-state index contributed by atoms with van der Waals surface area (Å²) in [7, 11) is 0. The number of carboxylic acid groups (broad SMARTS) is 1. The van der Waals surface area contributed by atoms with Crippen molar-refractivity contribution < 1.29 is 14.7 Å². The van der Waals surface area contributed by atoms with Crippen LogP contribution in [-0.2, 0) is 4.79 Å². The minimum atomic E-state index is -1.06. The van der Waals surface area contributed by atoms with E-state index in [9.17, 15) is 9.59 Å². The van der Waals surface area contributed by atoms with E-state index in [1.807, 2.05) is 18.2 Å². The molecule has 1 atom stereocenters. The highest BCUT2D eigenvalue weighted by Gasteiger charge is 2.25. The van der Waals surface area contributed by atoms with E-state index in [0.29, 0.717) is 10.0 Å². The highest BCUT2D eigenvalue weighted by Crippen LogP contribution is 2.30. The summed E-state index contributed by atoms with van der Waals surface area (Å²) in [4.78, 5) is 27.5. The summed E-state index contributed by atoms with van der Waals surface area (Å²) >= 11 is 7.39. The summed E-state index contributed by atoms with van der Waals surface area (Å²) in [5, 5.41) is 14.4. The van der Waals surface area contributed by atoms with Crippen LogP contribution in [0.2, 0.25) is 5.02 Å². The smallest absolute Gasteiger partial charge is 0.326 e.